The topological polar surface area (TPSA) is 78.4 Å². The Morgan fingerprint density at radius 1 is 1.62 bits per heavy atom. The minimum Gasteiger partial charge on any atom is -0.396 e. The lowest BCUT2D eigenvalue weighted by Crippen LogP contribution is -2.44. The molecule has 16 heavy (non-hydrogen) atoms. The van der Waals surface area contributed by atoms with Crippen molar-refractivity contribution in [2.24, 2.45) is 5.41 Å². The maximum Gasteiger partial charge on any atom is 0.279 e. The first-order valence-electron chi connectivity index (χ1n) is 5.47. The second-order valence-corrected chi connectivity index (χ2v) is 5.48. The summed E-state index contributed by atoms with van der Waals surface area (Å²) in [7, 11) is 0. The van der Waals surface area contributed by atoms with Crippen LogP contribution >= 0.6 is 11.8 Å². The first kappa shape index (κ1) is 11.7. The molecule has 2 aliphatic rings. The van der Waals surface area contributed by atoms with Gasteiger partial charge in [0.1, 0.15) is 6.04 Å². The molecule has 0 aromatic rings. The van der Waals surface area contributed by atoms with Crippen molar-refractivity contribution in [2.75, 3.05) is 18.9 Å². The second-order valence-electron chi connectivity index (χ2n) is 4.49. The van der Waals surface area contributed by atoms with Gasteiger partial charge in [0.15, 0.2) is 0 Å². The molecular formula is C10H16N2O3S. The Hall–Kier alpha value is -0.750. The number of aliphatic hydroxyl groups excluding tert-OH is 1. The van der Waals surface area contributed by atoms with E-state index >= 15 is 0 Å². The van der Waals surface area contributed by atoms with Gasteiger partial charge in [0.2, 0.25) is 5.91 Å². The van der Waals surface area contributed by atoms with Crippen molar-refractivity contribution < 1.29 is 14.7 Å². The van der Waals surface area contributed by atoms with Crippen molar-refractivity contribution in [3.63, 3.8) is 0 Å². The molecule has 0 spiro atoms. The SMILES string of the molecule is O=C1NC(C(=O)NCC2(CCO)CC2)CS1. The molecule has 1 saturated carbocycles. The Bertz CT molecular complexity index is 304. The maximum atomic E-state index is 11.7. The summed E-state index contributed by atoms with van der Waals surface area (Å²) in [6.45, 7) is 0.787. The highest BCUT2D eigenvalue weighted by Crippen LogP contribution is 2.47. The molecule has 2 fully saturated rings. The van der Waals surface area contributed by atoms with Crippen molar-refractivity contribution >= 4 is 22.9 Å². The van der Waals surface area contributed by atoms with Gasteiger partial charge in [-0.05, 0) is 24.7 Å². The van der Waals surface area contributed by atoms with Crippen LogP contribution in [0.2, 0.25) is 0 Å². The molecule has 2 rings (SSSR count). The first-order chi connectivity index (χ1) is 7.65. The van der Waals surface area contributed by atoms with Crippen LogP contribution in [0.15, 0.2) is 0 Å². The van der Waals surface area contributed by atoms with E-state index < -0.39 is 0 Å². The van der Waals surface area contributed by atoms with Crippen LogP contribution in [-0.4, -0.2) is 41.2 Å². The third-order valence-electron chi connectivity index (χ3n) is 3.23. The molecule has 1 heterocycles. The predicted octanol–water partition coefficient (Wildman–Crippen LogP) is 0.0902. The number of aliphatic hydroxyl groups is 1. The highest BCUT2D eigenvalue weighted by molar-refractivity contribution is 8.14. The van der Waals surface area contributed by atoms with Gasteiger partial charge < -0.3 is 15.7 Å². The zero-order chi connectivity index (χ0) is 11.6. The molecule has 6 heteroatoms. The van der Waals surface area contributed by atoms with E-state index in [1.807, 2.05) is 0 Å². The standard InChI is InChI=1S/C10H16N2O3S/c13-4-3-10(1-2-10)6-11-8(14)7-5-16-9(15)12-7/h7,13H,1-6H2,(H,11,14)(H,12,15). The smallest absolute Gasteiger partial charge is 0.279 e. The molecule has 3 N–H and O–H groups in total. The van der Waals surface area contributed by atoms with Gasteiger partial charge in [0.25, 0.3) is 5.24 Å². The van der Waals surface area contributed by atoms with E-state index in [0.717, 1.165) is 31.0 Å². The summed E-state index contributed by atoms with van der Waals surface area (Å²) in [6.07, 6.45) is 2.89. The largest absolute Gasteiger partial charge is 0.396 e. The van der Waals surface area contributed by atoms with Crippen molar-refractivity contribution in [2.45, 2.75) is 25.3 Å². The Morgan fingerprint density at radius 3 is 2.88 bits per heavy atom. The van der Waals surface area contributed by atoms with Crippen molar-refractivity contribution in [3.05, 3.63) is 0 Å². The lowest BCUT2D eigenvalue weighted by molar-refractivity contribution is -0.122. The molecule has 1 unspecified atom stereocenters. The number of hydrogen-bond acceptors (Lipinski definition) is 4. The normalized spacial score (nSPS) is 26.3. The zero-order valence-electron chi connectivity index (χ0n) is 8.99. The van der Waals surface area contributed by atoms with Gasteiger partial charge in [0, 0.05) is 18.9 Å². The maximum absolute atomic E-state index is 11.7. The number of rotatable bonds is 5. The molecule has 0 aromatic carbocycles. The Balaban J connectivity index is 1.74. The van der Waals surface area contributed by atoms with Crippen LogP contribution in [0, 0.1) is 5.41 Å². The molecule has 0 bridgehead atoms. The average molecular weight is 244 g/mol. The molecule has 1 saturated heterocycles. The molecule has 5 nitrogen and oxygen atoms in total. The average Bonchev–Trinajstić information content (AvgIpc) is 2.89. The van der Waals surface area contributed by atoms with Gasteiger partial charge in [-0.3, -0.25) is 9.59 Å². The Morgan fingerprint density at radius 2 is 2.38 bits per heavy atom. The van der Waals surface area contributed by atoms with Gasteiger partial charge in [0.05, 0.1) is 0 Å². The van der Waals surface area contributed by atoms with Gasteiger partial charge in [-0.15, -0.1) is 0 Å². The second kappa shape index (κ2) is 4.63. The molecule has 1 aliphatic carbocycles. The quantitative estimate of drug-likeness (QED) is 0.640. The van der Waals surface area contributed by atoms with E-state index in [1.165, 1.54) is 0 Å². The third kappa shape index (κ3) is 2.68. The van der Waals surface area contributed by atoms with Crippen LogP contribution < -0.4 is 10.6 Å². The van der Waals surface area contributed by atoms with E-state index in [-0.39, 0.29) is 29.2 Å². The Kier molecular flexibility index (Phi) is 3.39. The van der Waals surface area contributed by atoms with Crippen molar-refractivity contribution in [1.82, 2.24) is 10.6 Å². The summed E-state index contributed by atoms with van der Waals surface area (Å²) in [5.41, 5.74) is 0.125. The third-order valence-corrected chi connectivity index (χ3v) is 4.11. The van der Waals surface area contributed by atoms with E-state index in [9.17, 15) is 9.59 Å². The summed E-state index contributed by atoms with van der Waals surface area (Å²) >= 11 is 1.14. The first-order valence-corrected chi connectivity index (χ1v) is 6.46. The molecule has 2 amide bonds. The summed E-state index contributed by atoms with van der Waals surface area (Å²) in [5.74, 6) is 0.403. The summed E-state index contributed by atoms with van der Waals surface area (Å²) < 4.78 is 0. The fourth-order valence-corrected chi connectivity index (χ4v) is 2.63. The van der Waals surface area contributed by atoms with Crippen molar-refractivity contribution in [1.29, 1.82) is 0 Å². The monoisotopic (exact) mass is 244 g/mol. The van der Waals surface area contributed by atoms with Crippen molar-refractivity contribution in [3.8, 4) is 0 Å². The number of carbonyl (C=O) groups is 2. The molecule has 1 atom stereocenters. The number of hydrogen-bond donors (Lipinski definition) is 3. The van der Waals surface area contributed by atoms with Crippen LogP contribution in [0.5, 0.6) is 0 Å². The van der Waals surface area contributed by atoms with E-state index in [2.05, 4.69) is 10.6 Å². The van der Waals surface area contributed by atoms with Crippen LogP contribution in [-0.2, 0) is 4.79 Å². The van der Waals surface area contributed by atoms with Gasteiger partial charge >= 0.3 is 0 Å². The van der Waals surface area contributed by atoms with Gasteiger partial charge in [-0.25, -0.2) is 0 Å². The molecule has 1 aliphatic heterocycles. The minimum absolute atomic E-state index is 0.109. The molecule has 0 aromatic heterocycles. The fraction of sp³-hybridized carbons (Fsp3) is 0.800. The lowest BCUT2D eigenvalue weighted by Gasteiger charge is -2.16. The summed E-state index contributed by atoms with van der Waals surface area (Å²) in [4.78, 5) is 22.6. The molecule has 0 radical (unpaired) electrons. The lowest BCUT2D eigenvalue weighted by atomic mass is 10.0. The highest BCUT2D eigenvalue weighted by atomic mass is 32.2. The summed E-state index contributed by atoms with van der Waals surface area (Å²) in [5, 5.41) is 14.2. The molecular weight excluding hydrogens is 228 g/mol. The zero-order valence-corrected chi connectivity index (χ0v) is 9.81. The van der Waals surface area contributed by atoms with Gasteiger partial charge in [-0.2, -0.15) is 0 Å². The molecule has 90 valence electrons. The predicted molar refractivity (Wildman–Crippen MR) is 61.2 cm³/mol. The van der Waals surface area contributed by atoms with E-state index in [4.69, 9.17) is 5.11 Å². The van der Waals surface area contributed by atoms with Crippen LogP contribution in [0.25, 0.3) is 0 Å². The van der Waals surface area contributed by atoms with Crippen LogP contribution in [0.3, 0.4) is 0 Å². The number of carbonyl (C=O) groups excluding carboxylic acids is 2. The summed E-state index contributed by atoms with van der Waals surface area (Å²) in [6, 6.07) is -0.387. The Labute approximate surface area is 98.4 Å². The number of thioether (sulfide) groups is 1. The van der Waals surface area contributed by atoms with Crippen LogP contribution in [0.4, 0.5) is 4.79 Å². The van der Waals surface area contributed by atoms with E-state index in [1.54, 1.807) is 0 Å². The number of amides is 2. The highest BCUT2D eigenvalue weighted by Gasteiger charge is 2.42. The van der Waals surface area contributed by atoms with E-state index in [0.29, 0.717) is 12.3 Å². The van der Waals surface area contributed by atoms with Crippen LogP contribution in [0.1, 0.15) is 19.3 Å². The minimum atomic E-state index is -0.387. The van der Waals surface area contributed by atoms with Gasteiger partial charge in [-0.1, -0.05) is 11.8 Å². The number of nitrogens with one attached hydrogen (secondary N) is 2. The fourth-order valence-electron chi connectivity index (χ4n) is 1.85.